The van der Waals surface area contributed by atoms with E-state index in [0.717, 1.165) is 10.8 Å². The second kappa shape index (κ2) is 7.03. The first-order chi connectivity index (χ1) is 12.6. The number of nitrogens with zero attached hydrogens (tertiary/aromatic N) is 3. The van der Waals surface area contributed by atoms with Crippen LogP contribution in [0.25, 0.3) is 0 Å². The molecular weight excluding hydrogens is 340 g/mol. The van der Waals surface area contributed by atoms with Gasteiger partial charge in [-0.05, 0) is 62.7 Å². The molecule has 4 rings (SSSR count). The van der Waals surface area contributed by atoms with Crippen LogP contribution in [0.2, 0.25) is 0 Å². The molecule has 2 fully saturated rings. The monoisotopic (exact) mass is 368 g/mol. The predicted molar refractivity (Wildman–Crippen MR) is 109 cm³/mol. The predicted octanol–water partition coefficient (Wildman–Crippen LogP) is 4.61. The maximum atomic E-state index is 5.58. The summed E-state index contributed by atoms with van der Waals surface area (Å²) in [6.07, 6.45) is 8.55. The standard InChI is InChI=1S/C21H28N4S/c1-14-13-17(15(2)25(14)16-9-5-4-6-10-16)20-19(23-21(26)24(20)3)18-11-7-8-12-22-18/h7-8,11-13,16,19-20H,4-6,9-10H2,1-3H3,(H,23,26)/t19-,20+/m0/s1. The Bertz CT molecular complexity index is 792. The zero-order valence-electron chi connectivity index (χ0n) is 15.9. The van der Waals surface area contributed by atoms with Gasteiger partial charge in [-0.2, -0.15) is 0 Å². The van der Waals surface area contributed by atoms with Gasteiger partial charge in [0.15, 0.2) is 5.11 Å². The number of nitrogens with one attached hydrogen (secondary N) is 1. The minimum Gasteiger partial charge on any atom is -0.352 e. The highest BCUT2D eigenvalue weighted by Crippen LogP contribution is 2.41. The lowest BCUT2D eigenvalue weighted by Gasteiger charge is -2.28. The van der Waals surface area contributed by atoms with Crippen LogP contribution in [0.15, 0.2) is 30.5 Å². The van der Waals surface area contributed by atoms with Crippen molar-refractivity contribution in [2.75, 3.05) is 7.05 Å². The van der Waals surface area contributed by atoms with Gasteiger partial charge in [0.05, 0.1) is 17.8 Å². The quantitative estimate of drug-likeness (QED) is 0.802. The van der Waals surface area contributed by atoms with Crippen LogP contribution in [0.3, 0.4) is 0 Å². The van der Waals surface area contributed by atoms with Crippen molar-refractivity contribution in [1.82, 2.24) is 19.8 Å². The Labute approximate surface area is 161 Å². The third kappa shape index (κ3) is 2.92. The van der Waals surface area contributed by atoms with Gasteiger partial charge < -0.3 is 14.8 Å². The van der Waals surface area contributed by atoms with Crippen molar-refractivity contribution in [1.29, 1.82) is 0 Å². The molecule has 1 N–H and O–H groups in total. The maximum absolute atomic E-state index is 5.58. The van der Waals surface area contributed by atoms with Crippen molar-refractivity contribution < 1.29 is 0 Å². The van der Waals surface area contributed by atoms with Crippen LogP contribution in [0.5, 0.6) is 0 Å². The molecule has 2 aromatic heterocycles. The first-order valence-corrected chi connectivity index (χ1v) is 10.1. The van der Waals surface area contributed by atoms with Crippen molar-refractivity contribution in [3.8, 4) is 0 Å². The normalized spacial score (nSPS) is 24.1. The largest absolute Gasteiger partial charge is 0.352 e. The molecule has 1 saturated carbocycles. The Morgan fingerprint density at radius 2 is 1.92 bits per heavy atom. The molecule has 0 bridgehead atoms. The van der Waals surface area contributed by atoms with E-state index in [0.29, 0.717) is 6.04 Å². The zero-order valence-corrected chi connectivity index (χ0v) is 16.7. The summed E-state index contributed by atoms with van der Waals surface area (Å²) >= 11 is 5.58. The van der Waals surface area contributed by atoms with Crippen molar-refractivity contribution in [3.05, 3.63) is 53.1 Å². The van der Waals surface area contributed by atoms with Crippen LogP contribution < -0.4 is 5.32 Å². The first kappa shape index (κ1) is 17.5. The van der Waals surface area contributed by atoms with E-state index in [1.54, 1.807) is 0 Å². The first-order valence-electron chi connectivity index (χ1n) is 9.70. The van der Waals surface area contributed by atoms with E-state index < -0.39 is 0 Å². The highest BCUT2D eigenvalue weighted by Gasteiger charge is 2.39. The van der Waals surface area contributed by atoms with E-state index >= 15 is 0 Å². The number of hydrogen-bond donors (Lipinski definition) is 1. The summed E-state index contributed by atoms with van der Waals surface area (Å²) < 4.78 is 2.58. The fraction of sp³-hybridized carbons (Fsp3) is 0.524. The molecule has 5 heteroatoms. The SMILES string of the molecule is Cc1cc([C@@H]2[C@H](c3ccccn3)NC(=S)N2C)c(C)n1C1CCCCC1. The average molecular weight is 369 g/mol. The van der Waals surface area contributed by atoms with Gasteiger partial charge in [-0.25, -0.2) is 0 Å². The molecule has 0 aromatic carbocycles. The van der Waals surface area contributed by atoms with Gasteiger partial charge >= 0.3 is 0 Å². The summed E-state index contributed by atoms with van der Waals surface area (Å²) in [5.41, 5.74) is 5.18. The van der Waals surface area contributed by atoms with Gasteiger partial charge in [0.2, 0.25) is 0 Å². The smallest absolute Gasteiger partial charge is 0.169 e. The molecule has 0 amide bonds. The van der Waals surface area contributed by atoms with Gasteiger partial charge in [0, 0.05) is 30.7 Å². The second-order valence-electron chi connectivity index (χ2n) is 7.73. The van der Waals surface area contributed by atoms with Gasteiger partial charge in [0.1, 0.15) is 0 Å². The minimum atomic E-state index is 0.0917. The highest BCUT2D eigenvalue weighted by molar-refractivity contribution is 7.80. The maximum Gasteiger partial charge on any atom is 0.169 e. The molecule has 0 unspecified atom stereocenters. The molecule has 2 aromatic rings. The van der Waals surface area contributed by atoms with E-state index in [1.807, 2.05) is 18.3 Å². The summed E-state index contributed by atoms with van der Waals surface area (Å²) in [4.78, 5) is 6.79. The molecule has 3 heterocycles. The summed E-state index contributed by atoms with van der Waals surface area (Å²) in [6.45, 7) is 4.53. The summed E-state index contributed by atoms with van der Waals surface area (Å²) in [6, 6.07) is 9.40. The number of aromatic nitrogens is 2. The summed E-state index contributed by atoms with van der Waals surface area (Å²) in [7, 11) is 2.09. The van der Waals surface area contributed by atoms with E-state index in [1.165, 1.54) is 49.1 Å². The van der Waals surface area contributed by atoms with Crippen LogP contribution >= 0.6 is 12.2 Å². The van der Waals surface area contributed by atoms with E-state index in [4.69, 9.17) is 12.2 Å². The van der Waals surface area contributed by atoms with Gasteiger partial charge in [-0.1, -0.05) is 25.3 Å². The number of aryl methyl sites for hydroxylation is 1. The minimum absolute atomic E-state index is 0.0917. The lowest BCUT2D eigenvalue weighted by molar-refractivity contribution is 0.339. The molecule has 1 aliphatic carbocycles. The van der Waals surface area contributed by atoms with Crippen molar-refractivity contribution >= 4 is 17.3 Å². The highest BCUT2D eigenvalue weighted by atomic mass is 32.1. The fourth-order valence-corrected chi connectivity index (χ4v) is 5.09. The molecule has 1 saturated heterocycles. The fourth-order valence-electron chi connectivity index (χ4n) is 4.85. The Kier molecular flexibility index (Phi) is 4.74. The lowest BCUT2D eigenvalue weighted by atomic mass is 9.94. The van der Waals surface area contributed by atoms with Crippen molar-refractivity contribution in [2.45, 2.75) is 64.1 Å². The number of thiocarbonyl (C=S) groups is 1. The molecule has 0 radical (unpaired) electrons. The topological polar surface area (TPSA) is 33.1 Å². The van der Waals surface area contributed by atoms with Gasteiger partial charge in [-0.15, -0.1) is 0 Å². The van der Waals surface area contributed by atoms with E-state index in [9.17, 15) is 0 Å². The van der Waals surface area contributed by atoms with Crippen LogP contribution in [0.1, 0.15) is 72.9 Å². The molecule has 0 spiro atoms. The van der Waals surface area contributed by atoms with E-state index in [2.05, 4.69) is 52.8 Å². The molecule has 26 heavy (non-hydrogen) atoms. The Morgan fingerprint density at radius 1 is 1.15 bits per heavy atom. The molecule has 4 nitrogen and oxygen atoms in total. The number of rotatable bonds is 3. The van der Waals surface area contributed by atoms with Crippen molar-refractivity contribution in [3.63, 3.8) is 0 Å². The molecule has 2 atom stereocenters. The molecule has 138 valence electrons. The summed E-state index contributed by atoms with van der Waals surface area (Å²) in [5, 5.41) is 4.29. The zero-order chi connectivity index (χ0) is 18.3. The summed E-state index contributed by atoms with van der Waals surface area (Å²) in [5.74, 6) is 0. The number of pyridine rings is 1. The third-order valence-corrected chi connectivity index (χ3v) is 6.53. The van der Waals surface area contributed by atoms with Crippen LogP contribution in [0, 0.1) is 13.8 Å². The Hall–Kier alpha value is -1.88. The third-order valence-electron chi connectivity index (χ3n) is 6.12. The van der Waals surface area contributed by atoms with Crippen LogP contribution in [0.4, 0.5) is 0 Å². The molecule has 2 aliphatic rings. The van der Waals surface area contributed by atoms with Gasteiger partial charge in [-0.3, -0.25) is 4.98 Å². The molecule has 1 aliphatic heterocycles. The number of hydrogen-bond acceptors (Lipinski definition) is 2. The van der Waals surface area contributed by atoms with E-state index in [-0.39, 0.29) is 12.1 Å². The Morgan fingerprint density at radius 3 is 2.62 bits per heavy atom. The van der Waals surface area contributed by atoms with Gasteiger partial charge in [0.25, 0.3) is 0 Å². The lowest BCUT2D eigenvalue weighted by Crippen LogP contribution is -2.25. The average Bonchev–Trinajstić information content (AvgIpc) is 3.12. The number of likely N-dealkylation sites (N-methyl/N-ethyl adjacent to an activating group) is 1. The van der Waals surface area contributed by atoms with Crippen LogP contribution in [-0.4, -0.2) is 26.6 Å². The molecular formula is C21H28N4S. The van der Waals surface area contributed by atoms with Crippen molar-refractivity contribution in [2.24, 2.45) is 0 Å². The second-order valence-corrected chi connectivity index (χ2v) is 8.11. The Balaban J connectivity index is 1.74. The van der Waals surface area contributed by atoms with Crippen LogP contribution in [-0.2, 0) is 0 Å².